The van der Waals surface area contributed by atoms with Crippen molar-refractivity contribution in [2.24, 2.45) is 17.6 Å². The number of benzene rings is 1. The lowest BCUT2D eigenvalue weighted by molar-refractivity contribution is -0.154. The number of carbonyl (C=O) groups is 3. The van der Waals surface area contributed by atoms with Crippen molar-refractivity contribution in [1.82, 2.24) is 9.80 Å². The molecule has 0 aliphatic heterocycles. The molecule has 0 spiro atoms. The van der Waals surface area contributed by atoms with Crippen LogP contribution in [0.3, 0.4) is 0 Å². The van der Waals surface area contributed by atoms with Crippen LogP contribution in [-0.2, 0) is 16.0 Å². The Bertz CT molecular complexity index is 1250. The second-order valence-electron chi connectivity index (χ2n) is 10.4. The summed E-state index contributed by atoms with van der Waals surface area (Å²) in [5.41, 5.74) is 2.92. The highest BCUT2D eigenvalue weighted by Gasteiger charge is 2.67. The molecule has 36 heavy (non-hydrogen) atoms. The minimum Gasteiger partial charge on any atom is -0.510 e. The van der Waals surface area contributed by atoms with Crippen LogP contribution in [0.2, 0.25) is 0 Å². The lowest BCUT2D eigenvalue weighted by atomic mass is 9.56. The number of hydrogen-bond donors (Lipinski definition) is 5. The summed E-state index contributed by atoms with van der Waals surface area (Å²) in [5.74, 6) is -6.88. The predicted molar refractivity (Wildman–Crippen MR) is 131 cm³/mol. The minimum absolute atomic E-state index is 0.0144. The van der Waals surface area contributed by atoms with Gasteiger partial charge in [0.25, 0.3) is 5.91 Å². The van der Waals surface area contributed by atoms with Gasteiger partial charge in [0.15, 0.2) is 11.4 Å². The van der Waals surface area contributed by atoms with Crippen molar-refractivity contribution in [3.05, 3.63) is 45.9 Å². The Morgan fingerprint density at radius 1 is 1.03 bits per heavy atom. The number of carbonyl (C=O) groups excluding carboxylic acids is 3. The number of nitrogens with zero attached hydrogens (tertiary/aromatic N) is 3. The van der Waals surface area contributed by atoms with Crippen LogP contribution in [0, 0.1) is 11.8 Å². The number of aliphatic hydroxyl groups is 3. The molecule has 5 atom stereocenters. The third kappa shape index (κ3) is 3.19. The van der Waals surface area contributed by atoms with Gasteiger partial charge in [-0.15, -0.1) is 0 Å². The van der Waals surface area contributed by atoms with Crippen LogP contribution in [0.4, 0.5) is 5.69 Å². The third-order valence-electron chi connectivity index (χ3n) is 7.74. The molecule has 0 fully saturated rings. The van der Waals surface area contributed by atoms with Gasteiger partial charge >= 0.3 is 0 Å². The molecular formula is C25H32N4O7. The van der Waals surface area contributed by atoms with Gasteiger partial charge < -0.3 is 36.0 Å². The maximum Gasteiger partial charge on any atom is 0.255 e. The van der Waals surface area contributed by atoms with Crippen molar-refractivity contribution in [2.75, 3.05) is 47.2 Å². The van der Waals surface area contributed by atoms with E-state index in [-0.39, 0.29) is 23.3 Å². The van der Waals surface area contributed by atoms with E-state index in [9.17, 15) is 34.8 Å². The Morgan fingerprint density at radius 3 is 2.14 bits per heavy atom. The van der Waals surface area contributed by atoms with Gasteiger partial charge in [0.2, 0.25) is 5.78 Å². The number of Topliss-reactive ketones (excluding diaryl/α,β-unsaturated/α-hetero) is 2. The van der Waals surface area contributed by atoms with Crippen molar-refractivity contribution in [2.45, 2.75) is 24.1 Å². The van der Waals surface area contributed by atoms with E-state index < -0.39 is 64.1 Å². The average Bonchev–Trinajstić information content (AvgIpc) is 2.75. The number of phenolic OH excluding ortho intramolecular Hbond substituents is 1. The number of ketones is 2. The Labute approximate surface area is 208 Å². The molecule has 3 aliphatic rings. The van der Waals surface area contributed by atoms with E-state index in [1.807, 2.05) is 4.90 Å². The summed E-state index contributed by atoms with van der Waals surface area (Å²) in [5, 5.41) is 45.0. The van der Waals surface area contributed by atoms with Gasteiger partial charge in [-0.3, -0.25) is 19.3 Å². The van der Waals surface area contributed by atoms with Crippen LogP contribution in [0.5, 0.6) is 5.75 Å². The van der Waals surface area contributed by atoms with E-state index in [1.165, 1.54) is 11.0 Å². The normalized spacial score (nSPS) is 29.9. The van der Waals surface area contributed by atoms with Crippen LogP contribution in [0.15, 0.2) is 34.8 Å². The fourth-order valence-corrected chi connectivity index (χ4v) is 6.35. The molecule has 4 rings (SSSR count). The molecule has 6 N–H and O–H groups in total. The van der Waals surface area contributed by atoms with E-state index in [2.05, 4.69) is 0 Å². The zero-order chi connectivity index (χ0) is 27.0. The number of fused-ring (bicyclic) bond motifs is 3. The van der Waals surface area contributed by atoms with Crippen molar-refractivity contribution >= 4 is 23.2 Å². The Kier molecular flexibility index (Phi) is 5.94. The first-order chi connectivity index (χ1) is 16.7. The topological polar surface area (TPSA) is 168 Å². The summed E-state index contributed by atoms with van der Waals surface area (Å²) in [6, 6.07) is 1.25. The number of nitrogens with two attached hydrogens (primary N) is 1. The van der Waals surface area contributed by atoms with Gasteiger partial charge in [0.05, 0.1) is 11.6 Å². The number of likely N-dealkylation sites (N-methyl/N-ethyl adjacent to an activating group) is 1. The molecule has 0 saturated heterocycles. The molecule has 1 aromatic rings. The van der Waals surface area contributed by atoms with E-state index >= 15 is 0 Å². The molecular weight excluding hydrogens is 468 g/mol. The zero-order valence-corrected chi connectivity index (χ0v) is 21.1. The number of primary amides is 1. The average molecular weight is 501 g/mol. The Morgan fingerprint density at radius 2 is 1.64 bits per heavy atom. The molecule has 3 aliphatic carbocycles. The van der Waals surface area contributed by atoms with E-state index in [1.54, 1.807) is 53.3 Å². The van der Waals surface area contributed by atoms with Gasteiger partial charge in [-0.05, 0) is 52.3 Å². The van der Waals surface area contributed by atoms with Crippen molar-refractivity contribution in [3.63, 3.8) is 0 Å². The molecule has 0 unspecified atom stereocenters. The first kappa shape index (κ1) is 25.7. The highest BCUT2D eigenvalue weighted by molar-refractivity contribution is 6.25. The molecule has 0 radical (unpaired) electrons. The predicted octanol–water partition coefficient (Wildman–Crippen LogP) is -0.273. The van der Waals surface area contributed by atoms with E-state index in [0.29, 0.717) is 11.3 Å². The van der Waals surface area contributed by atoms with Gasteiger partial charge in [0, 0.05) is 43.2 Å². The summed E-state index contributed by atoms with van der Waals surface area (Å²) in [4.78, 5) is 44.6. The summed E-state index contributed by atoms with van der Waals surface area (Å²) >= 11 is 0. The minimum atomic E-state index is -2.71. The second-order valence-corrected chi connectivity index (χ2v) is 10.4. The van der Waals surface area contributed by atoms with E-state index in [0.717, 1.165) is 0 Å². The summed E-state index contributed by atoms with van der Waals surface area (Å²) in [7, 11) is 10.2. The van der Waals surface area contributed by atoms with Gasteiger partial charge in [0.1, 0.15) is 22.8 Å². The monoisotopic (exact) mass is 500 g/mol. The first-order valence-electron chi connectivity index (χ1n) is 11.5. The second kappa shape index (κ2) is 8.32. The standard InChI is InChI=1S/C25H32N4O7/c1-27(2)12-7-8-13(30)14-10(12)9-11-15(20(14)31)22(33)25(36)17(18(11)28(3)4)19(29(5)6)21(32)16(23(25)34)24(26)35/h7-8,11,17-19,30,32-33,36H,9H2,1-6H3,(H2,26,35)/t11-,17+,18+,19+,25+/m1/s1. The number of phenols is 1. The van der Waals surface area contributed by atoms with E-state index in [4.69, 9.17) is 5.73 Å². The van der Waals surface area contributed by atoms with Crippen LogP contribution < -0.4 is 10.6 Å². The molecule has 194 valence electrons. The highest BCUT2D eigenvalue weighted by Crippen LogP contribution is 2.54. The fraction of sp³-hybridized carbons (Fsp3) is 0.480. The number of amides is 1. The van der Waals surface area contributed by atoms with Crippen LogP contribution >= 0.6 is 0 Å². The van der Waals surface area contributed by atoms with Gasteiger partial charge in [-0.1, -0.05) is 0 Å². The number of anilines is 1. The number of aliphatic hydroxyl groups excluding tert-OH is 2. The number of aromatic hydroxyl groups is 1. The molecule has 0 saturated carbocycles. The number of rotatable bonds is 4. The molecule has 11 nitrogen and oxygen atoms in total. The molecule has 0 aromatic heterocycles. The van der Waals surface area contributed by atoms with Crippen LogP contribution in [-0.4, -0.2) is 108 Å². The Balaban J connectivity index is 2.09. The first-order valence-corrected chi connectivity index (χ1v) is 11.5. The summed E-state index contributed by atoms with van der Waals surface area (Å²) < 4.78 is 0. The Hall–Kier alpha value is -3.41. The summed E-state index contributed by atoms with van der Waals surface area (Å²) in [6.07, 6.45) is 0.208. The summed E-state index contributed by atoms with van der Waals surface area (Å²) in [6.45, 7) is 0. The van der Waals surface area contributed by atoms with Gasteiger partial charge in [-0.25, -0.2) is 0 Å². The lowest BCUT2D eigenvalue weighted by Gasteiger charge is -2.55. The van der Waals surface area contributed by atoms with Crippen molar-refractivity contribution < 1.29 is 34.8 Å². The molecule has 1 aromatic carbocycles. The molecule has 0 bridgehead atoms. The lowest BCUT2D eigenvalue weighted by Crippen LogP contribution is -2.70. The maximum atomic E-state index is 13.8. The third-order valence-corrected chi connectivity index (χ3v) is 7.74. The maximum absolute atomic E-state index is 13.8. The SMILES string of the molecule is CN(C)c1ccc(O)c2c1C[C@@H]1C(=C(O)[C@]3(O)C(=O)C(C(N)=O)=C(O)[C@@H](N(C)C)[C@@H]3[C@H]1N(C)C)C2=O. The molecule has 1 amide bonds. The quantitative estimate of drug-likeness (QED) is 0.347. The van der Waals surface area contributed by atoms with Crippen molar-refractivity contribution in [3.8, 4) is 5.75 Å². The van der Waals surface area contributed by atoms with Crippen LogP contribution in [0.25, 0.3) is 0 Å². The molecule has 11 heteroatoms. The fourth-order valence-electron chi connectivity index (χ4n) is 6.35. The smallest absolute Gasteiger partial charge is 0.255 e. The molecule has 0 heterocycles. The number of hydrogen-bond acceptors (Lipinski definition) is 10. The van der Waals surface area contributed by atoms with Crippen LogP contribution in [0.1, 0.15) is 15.9 Å². The van der Waals surface area contributed by atoms with Crippen molar-refractivity contribution in [1.29, 1.82) is 0 Å². The highest BCUT2D eigenvalue weighted by atomic mass is 16.3. The largest absolute Gasteiger partial charge is 0.510 e. The van der Waals surface area contributed by atoms with Gasteiger partial charge in [-0.2, -0.15) is 0 Å². The zero-order valence-electron chi connectivity index (χ0n) is 21.1.